The van der Waals surface area contributed by atoms with Crippen LogP contribution in [0, 0.1) is 6.92 Å². The van der Waals surface area contributed by atoms with Gasteiger partial charge in [-0.2, -0.15) is 4.98 Å². The zero-order chi connectivity index (χ0) is 19.5. The standard InChI is InChI=1S/C21H28N6O/c1-14-10-20(26-21(22)24-14)27-8-6-16(7-9-27)25-17(13-28)11-15-12-23-19-5-3-2-4-18(15)19/h2-5,10,12,16-17,23,25,28H,6-9,11,13H2,1H3,(H2,22,24,26)/t17-/m0/s1. The van der Waals surface area contributed by atoms with E-state index in [1.807, 2.05) is 19.1 Å². The molecule has 1 fully saturated rings. The van der Waals surface area contributed by atoms with E-state index in [1.165, 1.54) is 10.9 Å². The lowest BCUT2D eigenvalue weighted by atomic mass is 10.0. The number of hydrogen-bond acceptors (Lipinski definition) is 6. The summed E-state index contributed by atoms with van der Waals surface area (Å²) >= 11 is 0. The van der Waals surface area contributed by atoms with Gasteiger partial charge in [0, 0.05) is 54.0 Å². The van der Waals surface area contributed by atoms with E-state index in [2.05, 4.69) is 49.6 Å². The largest absolute Gasteiger partial charge is 0.395 e. The van der Waals surface area contributed by atoms with Gasteiger partial charge in [0.05, 0.1) is 6.61 Å². The Hall–Kier alpha value is -2.64. The van der Waals surface area contributed by atoms with Gasteiger partial charge in [-0.1, -0.05) is 18.2 Å². The van der Waals surface area contributed by atoms with Gasteiger partial charge in [0.2, 0.25) is 5.95 Å². The van der Waals surface area contributed by atoms with Gasteiger partial charge in [0.25, 0.3) is 0 Å². The number of aliphatic hydroxyl groups excluding tert-OH is 1. The molecule has 0 spiro atoms. The van der Waals surface area contributed by atoms with Crippen LogP contribution < -0.4 is 16.0 Å². The number of H-pyrrole nitrogens is 1. The molecule has 0 saturated carbocycles. The Bertz CT molecular complexity index is 911. The number of para-hydroxylation sites is 1. The lowest BCUT2D eigenvalue weighted by molar-refractivity contribution is 0.222. The van der Waals surface area contributed by atoms with Gasteiger partial charge in [0.1, 0.15) is 5.82 Å². The van der Waals surface area contributed by atoms with Crippen molar-refractivity contribution in [2.75, 3.05) is 30.3 Å². The molecular weight excluding hydrogens is 352 g/mol. The van der Waals surface area contributed by atoms with E-state index in [9.17, 15) is 5.11 Å². The summed E-state index contributed by atoms with van der Waals surface area (Å²) in [6, 6.07) is 10.7. The molecular formula is C21H28N6O. The summed E-state index contributed by atoms with van der Waals surface area (Å²) < 4.78 is 0. The first-order valence-electron chi connectivity index (χ1n) is 9.90. The molecule has 28 heavy (non-hydrogen) atoms. The molecule has 7 nitrogen and oxygen atoms in total. The second kappa shape index (κ2) is 8.16. The van der Waals surface area contributed by atoms with E-state index < -0.39 is 0 Å². The molecule has 4 rings (SSSR count). The number of aliphatic hydroxyl groups is 1. The van der Waals surface area contributed by atoms with Gasteiger partial charge in [0.15, 0.2) is 0 Å². The first-order valence-corrected chi connectivity index (χ1v) is 9.90. The van der Waals surface area contributed by atoms with Crippen LogP contribution in [-0.4, -0.2) is 51.8 Å². The fraction of sp³-hybridized carbons (Fsp3) is 0.429. The number of nitrogen functional groups attached to an aromatic ring is 1. The molecule has 1 atom stereocenters. The van der Waals surface area contributed by atoms with Gasteiger partial charge < -0.3 is 26.0 Å². The van der Waals surface area contributed by atoms with E-state index in [-0.39, 0.29) is 12.6 Å². The summed E-state index contributed by atoms with van der Waals surface area (Å²) in [6.07, 6.45) is 4.88. The van der Waals surface area contributed by atoms with E-state index in [4.69, 9.17) is 5.73 Å². The minimum atomic E-state index is 0.0488. The smallest absolute Gasteiger partial charge is 0.222 e. The topological polar surface area (TPSA) is 103 Å². The number of nitrogens with one attached hydrogen (secondary N) is 2. The van der Waals surface area contributed by atoms with Crippen LogP contribution in [0.25, 0.3) is 10.9 Å². The number of aromatic nitrogens is 3. The third kappa shape index (κ3) is 4.10. The van der Waals surface area contributed by atoms with E-state index >= 15 is 0 Å². The molecule has 7 heteroatoms. The summed E-state index contributed by atoms with van der Waals surface area (Å²) in [5.41, 5.74) is 9.06. The number of nitrogens with zero attached hydrogens (tertiary/aromatic N) is 3. The van der Waals surface area contributed by atoms with Crippen molar-refractivity contribution >= 4 is 22.7 Å². The molecule has 1 aliphatic rings. The predicted octanol–water partition coefficient (Wildman–Crippen LogP) is 2.01. The fourth-order valence-electron chi connectivity index (χ4n) is 4.09. The molecule has 1 aromatic carbocycles. The quantitative estimate of drug-likeness (QED) is 0.522. The zero-order valence-electron chi connectivity index (χ0n) is 16.2. The van der Waals surface area contributed by atoms with Gasteiger partial charge in [-0.3, -0.25) is 0 Å². The SMILES string of the molecule is Cc1cc(N2CCC(N[C@H](CO)Cc3c[nH]c4ccccc34)CC2)nc(N)n1. The monoisotopic (exact) mass is 380 g/mol. The highest BCUT2D eigenvalue weighted by Gasteiger charge is 2.23. The highest BCUT2D eigenvalue weighted by atomic mass is 16.3. The lowest BCUT2D eigenvalue weighted by Crippen LogP contribution is -2.48. The maximum absolute atomic E-state index is 9.90. The van der Waals surface area contributed by atoms with Crippen molar-refractivity contribution in [2.45, 2.75) is 38.3 Å². The van der Waals surface area contributed by atoms with Crippen LogP contribution in [0.5, 0.6) is 0 Å². The number of piperidine rings is 1. The second-order valence-electron chi connectivity index (χ2n) is 7.60. The Morgan fingerprint density at radius 1 is 1.29 bits per heavy atom. The minimum Gasteiger partial charge on any atom is -0.395 e. The molecule has 0 aliphatic carbocycles. The van der Waals surface area contributed by atoms with Gasteiger partial charge in [-0.15, -0.1) is 0 Å². The first kappa shape index (κ1) is 18.7. The zero-order valence-corrected chi connectivity index (χ0v) is 16.2. The number of anilines is 2. The van der Waals surface area contributed by atoms with Crippen molar-refractivity contribution in [1.29, 1.82) is 0 Å². The Kier molecular flexibility index (Phi) is 5.45. The Labute approximate surface area is 165 Å². The molecule has 0 radical (unpaired) electrons. The molecule has 1 aliphatic heterocycles. The normalized spacial score (nSPS) is 16.6. The van der Waals surface area contributed by atoms with Crippen LogP contribution >= 0.6 is 0 Å². The van der Waals surface area contributed by atoms with Crippen molar-refractivity contribution in [3.63, 3.8) is 0 Å². The van der Waals surface area contributed by atoms with Crippen molar-refractivity contribution in [3.05, 3.63) is 47.8 Å². The Balaban J connectivity index is 1.35. The summed E-state index contributed by atoms with van der Waals surface area (Å²) in [6.45, 7) is 3.89. The highest BCUT2D eigenvalue weighted by Crippen LogP contribution is 2.22. The van der Waals surface area contributed by atoms with Crippen molar-refractivity contribution < 1.29 is 5.11 Å². The average molecular weight is 380 g/mol. The molecule has 1 saturated heterocycles. The lowest BCUT2D eigenvalue weighted by Gasteiger charge is -2.35. The summed E-state index contributed by atoms with van der Waals surface area (Å²) in [5, 5.41) is 14.8. The predicted molar refractivity (Wildman–Crippen MR) is 112 cm³/mol. The molecule has 3 heterocycles. The van der Waals surface area contributed by atoms with Crippen LogP contribution in [0.1, 0.15) is 24.1 Å². The molecule has 0 amide bonds. The van der Waals surface area contributed by atoms with E-state index in [0.717, 1.165) is 49.4 Å². The molecule has 148 valence electrons. The van der Waals surface area contributed by atoms with Crippen LogP contribution in [0.3, 0.4) is 0 Å². The van der Waals surface area contributed by atoms with Gasteiger partial charge in [-0.05, 0) is 37.8 Å². The van der Waals surface area contributed by atoms with E-state index in [1.54, 1.807) is 0 Å². The van der Waals surface area contributed by atoms with Crippen LogP contribution in [0.15, 0.2) is 36.5 Å². The van der Waals surface area contributed by atoms with E-state index in [0.29, 0.717) is 12.0 Å². The molecule has 5 N–H and O–H groups in total. The van der Waals surface area contributed by atoms with Crippen molar-refractivity contribution in [2.24, 2.45) is 0 Å². The highest BCUT2D eigenvalue weighted by molar-refractivity contribution is 5.83. The second-order valence-corrected chi connectivity index (χ2v) is 7.60. The summed E-state index contributed by atoms with van der Waals surface area (Å²) in [7, 11) is 0. The number of hydrogen-bond donors (Lipinski definition) is 4. The van der Waals surface area contributed by atoms with Crippen LogP contribution in [0.2, 0.25) is 0 Å². The Morgan fingerprint density at radius 2 is 2.07 bits per heavy atom. The van der Waals surface area contributed by atoms with Gasteiger partial charge >= 0.3 is 0 Å². The number of aryl methyl sites for hydroxylation is 1. The molecule has 3 aromatic rings. The van der Waals surface area contributed by atoms with Gasteiger partial charge in [-0.25, -0.2) is 4.98 Å². The number of nitrogens with two attached hydrogens (primary N) is 1. The third-order valence-corrected chi connectivity index (χ3v) is 5.51. The van der Waals surface area contributed by atoms with Crippen LogP contribution in [0.4, 0.5) is 11.8 Å². The third-order valence-electron chi connectivity index (χ3n) is 5.51. The fourth-order valence-corrected chi connectivity index (χ4v) is 4.09. The number of rotatable bonds is 6. The molecule has 0 bridgehead atoms. The number of benzene rings is 1. The molecule has 0 unspecified atom stereocenters. The summed E-state index contributed by atoms with van der Waals surface area (Å²) in [4.78, 5) is 14.1. The van der Waals surface area contributed by atoms with Crippen LogP contribution in [-0.2, 0) is 6.42 Å². The maximum Gasteiger partial charge on any atom is 0.222 e. The Morgan fingerprint density at radius 3 is 2.82 bits per heavy atom. The average Bonchev–Trinajstić information content (AvgIpc) is 3.10. The van der Waals surface area contributed by atoms with Crippen molar-refractivity contribution in [3.8, 4) is 0 Å². The number of aromatic amines is 1. The molecule has 2 aromatic heterocycles. The summed E-state index contributed by atoms with van der Waals surface area (Å²) in [5.74, 6) is 1.23. The van der Waals surface area contributed by atoms with Crippen molar-refractivity contribution in [1.82, 2.24) is 20.3 Å². The first-order chi connectivity index (χ1) is 13.6. The number of fused-ring (bicyclic) bond motifs is 1. The maximum atomic E-state index is 9.90. The minimum absolute atomic E-state index is 0.0488.